The summed E-state index contributed by atoms with van der Waals surface area (Å²) in [7, 11) is 0. The fourth-order valence-electron chi connectivity index (χ4n) is 1.75. The summed E-state index contributed by atoms with van der Waals surface area (Å²) in [6, 6.07) is 13.7. The van der Waals surface area contributed by atoms with Gasteiger partial charge in [-0.15, -0.1) is 0 Å². The minimum absolute atomic E-state index is 0.138. The van der Waals surface area contributed by atoms with Crippen LogP contribution in [0.5, 0.6) is 5.75 Å². The van der Waals surface area contributed by atoms with Crippen molar-refractivity contribution >= 4 is 29.4 Å². The van der Waals surface area contributed by atoms with Crippen LogP contribution in [0.15, 0.2) is 54.6 Å². The van der Waals surface area contributed by atoms with E-state index in [-0.39, 0.29) is 12.4 Å². The first-order chi connectivity index (χ1) is 10.5. The Morgan fingerprint density at radius 2 is 1.86 bits per heavy atom. The third kappa shape index (κ3) is 4.75. The average molecular weight is 316 g/mol. The van der Waals surface area contributed by atoms with Gasteiger partial charge in [0.25, 0.3) is 5.91 Å². The molecular formula is C17H14ClNO3. The van der Waals surface area contributed by atoms with E-state index in [4.69, 9.17) is 22.1 Å². The molecule has 0 radical (unpaired) electrons. The first-order valence-electron chi connectivity index (χ1n) is 6.54. The highest BCUT2D eigenvalue weighted by molar-refractivity contribution is 6.30. The van der Waals surface area contributed by atoms with Gasteiger partial charge in [-0.3, -0.25) is 9.59 Å². The lowest BCUT2D eigenvalue weighted by molar-refractivity contribution is -0.119. The Morgan fingerprint density at radius 3 is 2.50 bits per heavy atom. The van der Waals surface area contributed by atoms with Crippen molar-refractivity contribution in [1.29, 1.82) is 0 Å². The fourth-order valence-corrected chi connectivity index (χ4v) is 1.95. The maximum Gasteiger partial charge on any atom is 0.255 e. The van der Waals surface area contributed by atoms with Crippen molar-refractivity contribution in [3.8, 4) is 5.75 Å². The lowest BCUT2D eigenvalue weighted by Crippen LogP contribution is -2.19. The molecule has 0 heterocycles. The smallest absolute Gasteiger partial charge is 0.255 e. The first-order valence-corrected chi connectivity index (χ1v) is 6.91. The Hall–Kier alpha value is -2.59. The number of benzene rings is 2. The van der Waals surface area contributed by atoms with Gasteiger partial charge in [0.15, 0.2) is 12.4 Å². The molecule has 0 atom stereocenters. The van der Waals surface area contributed by atoms with Gasteiger partial charge in [0.2, 0.25) is 0 Å². The number of hydrogen-bond acceptors (Lipinski definition) is 3. The van der Waals surface area contributed by atoms with Gasteiger partial charge in [-0.05, 0) is 48.0 Å². The second kappa shape index (κ2) is 7.43. The van der Waals surface area contributed by atoms with Crippen molar-refractivity contribution in [1.82, 2.24) is 0 Å². The Kier molecular flexibility index (Phi) is 5.33. The molecule has 1 amide bonds. The average Bonchev–Trinajstić information content (AvgIpc) is 2.51. The molecule has 112 valence electrons. The summed E-state index contributed by atoms with van der Waals surface area (Å²) >= 11 is 5.88. The number of ether oxygens (including phenoxy) is 1. The molecule has 0 saturated heterocycles. The van der Waals surface area contributed by atoms with E-state index in [1.807, 2.05) is 12.1 Å². The summed E-state index contributed by atoms with van der Waals surface area (Å²) in [5.41, 5.74) is 6.35. The Morgan fingerprint density at radius 1 is 1.14 bits per heavy atom. The van der Waals surface area contributed by atoms with Crippen LogP contribution in [0.2, 0.25) is 5.02 Å². The van der Waals surface area contributed by atoms with Crippen LogP contribution in [0, 0.1) is 0 Å². The molecule has 2 aromatic rings. The van der Waals surface area contributed by atoms with Crippen LogP contribution in [0.25, 0.3) is 6.08 Å². The molecule has 5 heteroatoms. The quantitative estimate of drug-likeness (QED) is 0.658. The molecule has 0 aliphatic carbocycles. The maximum atomic E-state index is 12.0. The third-order valence-electron chi connectivity index (χ3n) is 2.80. The zero-order valence-electron chi connectivity index (χ0n) is 11.7. The van der Waals surface area contributed by atoms with Gasteiger partial charge in [-0.1, -0.05) is 29.8 Å². The fraction of sp³-hybridized carbons (Fsp3) is 0.0588. The van der Waals surface area contributed by atoms with Gasteiger partial charge in [0.1, 0.15) is 5.75 Å². The third-order valence-corrected chi connectivity index (χ3v) is 3.03. The topological polar surface area (TPSA) is 69.4 Å². The van der Waals surface area contributed by atoms with Crippen LogP contribution >= 0.6 is 11.6 Å². The molecule has 0 aliphatic heterocycles. The van der Waals surface area contributed by atoms with Gasteiger partial charge in [-0.2, -0.15) is 0 Å². The zero-order chi connectivity index (χ0) is 15.9. The van der Waals surface area contributed by atoms with Gasteiger partial charge in [0.05, 0.1) is 0 Å². The molecule has 22 heavy (non-hydrogen) atoms. The number of carbonyl (C=O) groups is 2. The number of allylic oxidation sites excluding steroid dienone is 1. The maximum absolute atomic E-state index is 12.0. The van der Waals surface area contributed by atoms with Crippen molar-refractivity contribution < 1.29 is 14.3 Å². The molecule has 0 bridgehead atoms. The monoisotopic (exact) mass is 315 g/mol. The number of primary amides is 1. The number of nitrogens with two attached hydrogens (primary N) is 1. The molecule has 0 fully saturated rings. The molecule has 2 rings (SSSR count). The van der Waals surface area contributed by atoms with E-state index in [0.717, 1.165) is 5.56 Å². The number of carbonyl (C=O) groups excluding carboxylic acids is 2. The summed E-state index contributed by atoms with van der Waals surface area (Å²) in [5, 5.41) is 0.616. The molecule has 4 nitrogen and oxygen atoms in total. The molecule has 2 aromatic carbocycles. The Bertz CT molecular complexity index is 708. The van der Waals surface area contributed by atoms with Crippen molar-refractivity contribution in [2.24, 2.45) is 5.73 Å². The number of amides is 1. The molecule has 0 saturated carbocycles. The molecule has 0 spiro atoms. The standard InChI is InChI=1S/C17H14ClNO3/c18-14-3-1-2-12(10-14)4-9-16(20)13-5-7-15(8-6-13)22-11-17(19)21/h1-10H,11H2,(H2,19,21)/b9-4+. The van der Waals surface area contributed by atoms with Crippen LogP contribution in [-0.4, -0.2) is 18.3 Å². The van der Waals surface area contributed by atoms with Crippen molar-refractivity contribution in [3.05, 3.63) is 70.8 Å². The molecular weight excluding hydrogens is 302 g/mol. The van der Waals surface area contributed by atoms with Crippen LogP contribution in [-0.2, 0) is 4.79 Å². The summed E-state index contributed by atoms with van der Waals surface area (Å²) in [6.45, 7) is -0.192. The highest BCUT2D eigenvalue weighted by Crippen LogP contribution is 2.15. The van der Waals surface area contributed by atoms with E-state index >= 15 is 0 Å². The van der Waals surface area contributed by atoms with Crippen molar-refractivity contribution in [2.75, 3.05) is 6.61 Å². The molecule has 0 unspecified atom stereocenters. The van der Waals surface area contributed by atoms with Crippen LogP contribution in [0.4, 0.5) is 0 Å². The first kappa shape index (κ1) is 15.8. The van der Waals surface area contributed by atoms with Crippen molar-refractivity contribution in [2.45, 2.75) is 0 Å². The summed E-state index contributed by atoms with van der Waals surface area (Å²) < 4.78 is 5.13. The lowest BCUT2D eigenvalue weighted by Gasteiger charge is -2.03. The molecule has 2 N–H and O–H groups in total. The lowest BCUT2D eigenvalue weighted by atomic mass is 10.1. The van der Waals surface area contributed by atoms with Gasteiger partial charge >= 0.3 is 0 Å². The summed E-state index contributed by atoms with van der Waals surface area (Å²) in [5.74, 6) is -0.208. The molecule has 0 aliphatic rings. The number of hydrogen-bond donors (Lipinski definition) is 1. The summed E-state index contributed by atoms with van der Waals surface area (Å²) in [4.78, 5) is 22.7. The van der Waals surface area contributed by atoms with Crippen LogP contribution in [0.1, 0.15) is 15.9 Å². The van der Waals surface area contributed by atoms with E-state index < -0.39 is 5.91 Å². The molecule has 0 aromatic heterocycles. The van der Waals surface area contributed by atoms with Crippen LogP contribution in [0.3, 0.4) is 0 Å². The zero-order valence-corrected chi connectivity index (χ0v) is 12.4. The second-order valence-electron chi connectivity index (χ2n) is 4.53. The second-order valence-corrected chi connectivity index (χ2v) is 4.97. The van der Waals surface area contributed by atoms with E-state index in [0.29, 0.717) is 16.3 Å². The highest BCUT2D eigenvalue weighted by atomic mass is 35.5. The van der Waals surface area contributed by atoms with Gasteiger partial charge in [0, 0.05) is 10.6 Å². The predicted octanol–water partition coefficient (Wildman–Crippen LogP) is 3.10. The minimum Gasteiger partial charge on any atom is -0.484 e. The number of ketones is 1. The normalized spacial score (nSPS) is 10.6. The van der Waals surface area contributed by atoms with Gasteiger partial charge < -0.3 is 10.5 Å². The SMILES string of the molecule is NC(=O)COc1ccc(C(=O)/C=C/c2cccc(Cl)c2)cc1. The largest absolute Gasteiger partial charge is 0.484 e. The minimum atomic E-state index is -0.551. The van der Waals surface area contributed by atoms with E-state index in [1.165, 1.54) is 6.08 Å². The Balaban J connectivity index is 2.02. The Labute approximate surface area is 133 Å². The van der Waals surface area contributed by atoms with E-state index in [9.17, 15) is 9.59 Å². The van der Waals surface area contributed by atoms with E-state index in [1.54, 1.807) is 42.5 Å². The predicted molar refractivity (Wildman–Crippen MR) is 85.9 cm³/mol. The summed E-state index contributed by atoms with van der Waals surface area (Å²) in [6.07, 6.45) is 3.18. The number of rotatable bonds is 6. The van der Waals surface area contributed by atoms with Crippen LogP contribution < -0.4 is 10.5 Å². The van der Waals surface area contributed by atoms with Gasteiger partial charge in [-0.25, -0.2) is 0 Å². The highest BCUT2D eigenvalue weighted by Gasteiger charge is 2.03. The van der Waals surface area contributed by atoms with E-state index in [2.05, 4.69) is 0 Å². The van der Waals surface area contributed by atoms with Crippen molar-refractivity contribution in [3.63, 3.8) is 0 Å². The number of halogens is 1.